The predicted molar refractivity (Wildman–Crippen MR) is 50.7 cm³/mol. The number of hydrogen-bond donors (Lipinski definition) is 1. The Hall–Kier alpha value is -0.970. The standard InChI is InChI=1S/C8H11N3OS/c9-7(12)6-5-10-11-3-1-2-4-13-8(6)11/h5H,1-4H2,(H2,9,12). The lowest BCUT2D eigenvalue weighted by atomic mass is 10.3. The highest BCUT2D eigenvalue weighted by Crippen LogP contribution is 2.26. The number of nitrogens with zero attached hydrogens (tertiary/aromatic N) is 2. The minimum atomic E-state index is -0.379. The van der Waals surface area contributed by atoms with Crippen LogP contribution in [0.15, 0.2) is 11.2 Å². The molecule has 1 aliphatic heterocycles. The van der Waals surface area contributed by atoms with Gasteiger partial charge in [0.1, 0.15) is 5.03 Å². The Kier molecular flexibility index (Phi) is 2.26. The van der Waals surface area contributed by atoms with Crippen molar-refractivity contribution in [3.8, 4) is 0 Å². The third-order valence-corrected chi connectivity index (χ3v) is 3.26. The fourth-order valence-electron chi connectivity index (χ4n) is 1.39. The van der Waals surface area contributed by atoms with E-state index in [1.807, 2.05) is 4.68 Å². The van der Waals surface area contributed by atoms with Crippen molar-refractivity contribution < 1.29 is 4.79 Å². The van der Waals surface area contributed by atoms with Gasteiger partial charge in [-0.3, -0.25) is 9.48 Å². The van der Waals surface area contributed by atoms with Crippen LogP contribution in [-0.4, -0.2) is 21.4 Å². The highest BCUT2D eigenvalue weighted by molar-refractivity contribution is 7.99. The zero-order chi connectivity index (χ0) is 9.26. The van der Waals surface area contributed by atoms with Crippen LogP contribution in [0.2, 0.25) is 0 Å². The van der Waals surface area contributed by atoms with Crippen molar-refractivity contribution in [1.29, 1.82) is 0 Å². The average Bonchev–Trinajstić information content (AvgIpc) is 2.36. The summed E-state index contributed by atoms with van der Waals surface area (Å²) >= 11 is 1.67. The van der Waals surface area contributed by atoms with Gasteiger partial charge in [0, 0.05) is 6.54 Å². The molecule has 0 unspecified atom stereocenters. The molecular weight excluding hydrogens is 186 g/mol. The van der Waals surface area contributed by atoms with E-state index in [9.17, 15) is 4.79 Å². The Balaban J connectivity index is 2.39. The van der Waals surface area contributed by atoms with Crippen molar-refractivity contribution >= 4 is 17.7 Å². The maximum absolute atomic E-state index is 11.0. The molecular formula is C8H11N3OS. The molecule has 0 radical (unpaired) electrons. The monoisotopic (exact) mass is 197 g/mol. The molecule has 0 atom stereocenters. The van der Waals surface area contributed by atoms with Crippen LogP contribution in [0.4, 0.5) is 0 Å². The minimum absolute atomic E-state index is 0.379. The summed E-state index contributed by atoms with van der Waals surface area (Å²) < 4.78 is 1.87. The van der Waals surface area contributed by atoms with E-state index in [0.717, 1.165) is 23.7 Å². The molecule has 2 N–H and O–H groups in total. The van der Waals surface area contributed by atoms with Crippen LogP contribution in [0.25, 0.3) is 0 Å². The zero-order valence-electron chi connectivity index (χ0n) is 7.19. The first kappa shape index (κ1) is 8.62. The minimum Gasteiger partial charge on any atom is -0.365 e. The summed E-state index contributed by atoms with van der Waals surface area (Å²) in [4.78, 5) is 11.0. The second-order valence-electron chi connectivity index (χ2n) is 3.01. The summed E-state index contributed by atoms with van der Waals surface area (Å²) in [6, 6.07) is 0. The summed E-state index contributed by atoms with van der Waals surface area (Å²) in [6.07, 6.45) is 3.86. The summed E-state index contributed by atoms with van der Waals surface area (Å²) in [5.41, 5.74) is 5.79. The van der Waals surface area contributed by atoms with Crippen LogP contribution in [0.1, 0.15) is 23.2 Å². The molecule has 0 fully saturated rings. The van der Waals surface area contributed by atoms with Crippen molar-refractivity contribution in [2.75, 3.05) is 5.75 Å². The lowest BCUT2D eigenvalue weighted by Crippen LogP contribution is -2.11. The molecule has 70 valence electrons. The summed E-state index contributed by atoms with van der Waals surface area (Å²) in [7, 11) is 0. The van der Waals surface area contributed by atoms with E-state index >= 15 is 0 Å². The van der Waals surface area contributed by atoms with E-state index in [1.165, 1.54) is 6.42 Å². The highest BCUT2D eigenvalue weighted by Gasteiger charge is 2.17. The molecule has 0 bridgehead atoms. The first-order valence-corrected chi connectivity index (χ1v) is 5.26. The van der Waals surface area contributed by atoms with Crippen molar-refractivity contribution in [3.05, 3.63) is 11.8 Å². The lowest BCUT2D eigenvalue weighted by Gasteiger charge is -2.01. The predicted octanol–water partition coefficient (Wildman–Crippen LogP) is 0.868. The molecule has 1 aromatic rings. The first-order chi connectivity index (χ1) is 6.29. The van der Waals surface area contributed by atoms with Crippen molar-refractivity contribution in [2.24, 2.45) is 5.73 Å². The quantitative estimate of drug-likeness (QED) is 0.726. The molecule has 1 amide bonds. The summed E-state index contributed by atoms with van der Waals surface area (Å²) in [6.45, 7) is 0.898. The van der Waals surface area contributed by atoms with Gasteiger partial charge in [-0.1, -0.05) is 0 Å². The molecule has 0 aliphatic carbocycles. The van der Waals surface area contributed by atoms with Crippen LogP contribution >= 0.6 is 11.8 Å². The number of aryl methyl sites for hydroxylation is 1. The maximum atomic E-state index is 11.0. The van der Waals surface area contributed by atoms with Crippen molar-refractivity contribution in [1.82, 2.24) is 9.78 Å². The van der Waals surface area contributed by atoms with Crippen molar-refractivity contribution in [2.45, 2.75) is 24.4 Å². The van der Waals surface area contributed by atoms with Crippen LogP contribution in [0.3, 0.4) is 0 Å². The molecule has 2 rings (SSSR count). The number of hydrogen-bond acceptors (Lipinski definition) is 3. The van der Waals surface area contributed by atoms with Gasteiger partial charge in [0.15, 0.2) is 0 Å². The Morgan fingerprint density at radius 3 is 3.23 bits per heavy atom. The largest absolute Gasteiger partial charge is 0.365 e. The second-order valence-corrected chi connectivity index (χ2v) is 4.09. The third kappa shape index (κ3) is 1.56. The molecule has 5 heteroatoms. The van der Waals surface area contributed by atoms with Gasteiger partial charge in [-0.05, 0) is 18.6 Å². The van der Waals surface area contributed by atoms with Crippen LogP contribution in [0, 0.1) is 0 Å². The fraction of sp³-hybridized carbons (Fsp3) is 0.500. The number of carbonyl (C=O) groups excluding carboxylic acids is 1. The molecule has 4 nitrogen and oxygen atoms in total. The molecule has 0 saturated heterocycles. The highest BCUT2D eigenvalue weighted by atomic mass is 32.2. The number of fused-ring (bicyclic) bond motifs is 1. The molecule has 1 aromatic heterocycles. The van der Waals surface area contributed by atoms with Gasteiger partial charge >= 0.3 is 0 Å². The van der Waals surface area contributed by atoms with Crippen LogP contribution in [0.5, 0.6) is 0 Å². The average molecular weight is 197 g/mol. The number of primary amides is 1. The number of carbonyl (C=O) groups is 1. The van der Waals surface area contributed by atoms with E-state index in [1.54, 1.807) is 18.0 Å². The molecule has 0 aromatic carbocycles. The molecule has 0 spiro atoms. The van der Waals surface area contributed by atoms with E-state index < -0.39 is 0 Å². The van der Waals surface area contributed by atoms with Gasteiger partial charge in [-0.15, -0.1) is 11.8 Å². The molecule has 0 saturated carbocycles. The molecule has 1 aliphatic rings. The second kappa shape index (κ2) is 3.41. The Bertz CT molecular complexity index is 334. The zero-order valence-corrected chi connectivity index (χ0v) is 8.01. The molecule has 2 heterocycles. The van der Waals surface area contributed by atoms with Gasteiger partial charge in [0.05, 0.1) is 11.8 Å². The Labute approximate surface area is 80.5 Å². The number of thioether (sulfide) groups is 1. The number of aromatic nitrogens is 2. The SMILES string of the molecule is NC(=O)c1cnn2c1SCCCC2. The van der Waals surface area contributed by atoms with Crippen LogP contribution < -0.4 is 5.73 Å². The number of rotatable bonds is 1. The topological polar surface area (TPSA) is 60.9 Å². The third-order valence-electron chi connectivity index (χ3n) is 2.06. The van der Waals surface area contributed by atoms with Crippen molar-refractivity contribution in [3.63, 3.8) is 0 Å². The first-order valence-electron chi connectivity index (χ1n) is 4.27. The lowest BCUT2D eigenvalue weighted by molar-refractivity contribution is 0.0997. The number of amides is 1. The van der Waals surface area contributed by atoms with E-state index in [-0.39, 0.29) is 5.91 Å². The van der Waals surface area contributed by atoms with E-state index in [0.29, 0.717) is 5.56 Å². The van der Waals surface area contributed by atoms with Gasteiger partial charge in [0.25, 0.3) is 5.91 Å². The Morgan fingerprint density at radius 1 is 1.62 bits per heavy atom. The summed E-state index contributed by atoms with van der Waals surface area (Å²) in [5.74, 6) is 0.669. The number of nitrogens with two attached hydrogens (primary N) is 1. The van der Waals surface area contributed by atoms with E-state index in [2.05, 4.69) is 5.10 Å². The maximum Gasteiger partial charge on any atom is 0.253 e. The van der Waals surface area contributed by atoms with Gasteiger partial charge in [0.2, 0.25) is 0 Å². The Morgan fingerprint density at radius 2 is 2.46 bits per heavy atom. The van der Waals surface area contributed by atoms with Crippen LogP contribution in [-0.2, 0) is 6.54 Å². The van der Waals surface area contributed by atoms with Gasteiger partial charge < -0.3 is 5.73 Å². The summed E-state index contributed by atoms with van der Waals surface area (Å²) in [5, 5.41) is 5.07. The molecule has 13 heavy (non-hydrogen) atoms. The smallest absolute Gasteiger partial charge is 0.253 e. The normalized spacial score (nSPS) is 16.3. The van der Waals surface area contributed by atoms with Gasteiger partial charge in [-0.2, -0.15) is 5.10 Å². The van der Waals surface area contributed by atoms with E-state index in [4.69, 9.17) is 5.73 Å². The fourth-order valence-corrected chi connectivity index (χ4v) is 2.53. The van der Waals surface area contributed by atoms with Gasteiger partial charge in [-0.25, -0.2) is 0 Å².